The summed E-state index contributed by atoms with van der Waals surface area (Å²) in [5.74, 6) is 1.88. The predicted octanol–water partition coefficient (Wildman–Crippen LogP) is 4.05. The number of halogens is 1. The van der Waals surface area contributed by atoms with E-state index in [0.29, 0.717) is 18.3 Å². The third-order valence-corrected chi connectivity index (χ3v) is 3.68. The lowest BCUT2D eigenvalue weighted by Gasteiger charge is -2.30. The van der Waals surface area contributed by atoms with Crippen molar-refractivity contribution in [3.63, 3.8) is 0 Å². The van der Waals surface area contributed by atoms with Crippen molar-refractivity contribution in [1.82, 2.24) is 4.98 Å². The third-order valence-electron chi connectivity index (χ3n) is 3.14. The molecule has 1 heterocycles. The standard InChI is InChI=1S/C16H19ClN2O/c1-3-20-14-10-7-11-18-15(14)19-16(2,12-17)13-8-5-4-6-9-13/h4-11H,3,12H2,1-2H3,(H,18,19). The van der Waals surface area contributed by atoms with Gasteiger partial charge >= 0.3 is 0 Å². The van der Waals surface area contributed by atoms with Gasteiger partial charge in [0.05, 0.1) is 12.1 Å². The Bertz CT molecular complexity index is 547. The number of nitrogens with zero attached hydrogens (tertiary/aromatic N) is 1. The number of rotatable bonds is 6. The Labute approximate surface area is 124 Å². The highest BCUT2D eigenvalue weighted by molar-refractivity contribution is 6.18. The zero-order valence-corrected chi connectivity index (χ0v) is 12.5. The van der Waals surface area contributed by atoms with Crippen molar-refractivity contribution in [3.8, 4) is 5.75 Å². The number of alkyl halides is 1. The summed E-state index contributed by atoms with van der Waals surface area (Å²) < 4.78 is 5.60. The van der Waals surface area contributed by atoms with E-state index in [-0.39, 0.29) is 0 Å². The van der Waals surface area contributed by atoms with Crippen molar-refractivity contribution >= 4 is 17.4 Å². The fraction of sp³-hybridized carbons (Fsp3) is 0.312. The Morgan fingerprint density at radius 1 is 1.20 bits per heavy atom. The first-order valence-electron chi connectivity index (χ1n) is 6.67. The van der Waals surface area contributed by atoms with Crippen molar-refractivity contribution in [2.24, 2.45) is 0 Å². The van der Waals surface area contributed by atoms with Crippen molar-refractivity contribution in [3.05, 3.63) is 54.2 Å². The molecule has 1 aromatic carbocycles. The van der Waals surface area contributed by atoms with Crippen LogP contribution in [0, 0.1) is 0 Å². The van der Waals surface area contributed by atoms with Crippen LogP contribution in [0.2, 0.25) is 0 Å². The number of benzene rings is 1. The largest absolute Gasteiger partial charge is 0.490 e. The molecule has 1 unspecified atom stereocenters. The van der Waals surface area contributed by atoms with E-state index in [1.807, 2.05) is 37.3 Å². The molecule has 0 bridgehead atoms. The molecule has 1 atom stereocenters. The summed E-state index contributed by atoms with van der Waals surface area (Å²) in [5.41, 5.74) is 0.714. The molecule has 0 aliphatic carbocycles. The number of hydrogen-bond donors (Lipinski definition) is 1. The summed E-state index contributed by atoms with van der Waals surface area (Å²) in [4.78, 5) is 4.36. The Hall–Kier alpha value is -1.74. The Balaban J connectivity index is 2.31. The number of hydrogen-bond acceptors (Lipinski definition) is 3. The lowest BCUT2D eigenvalue weighted by molar-refractivity contribution is 0.339. The summed E-state index contributed by atoms with van der Waals surface area (Å²) in [6, 6.07) is 13.9. The van der Waals surface area contributed by atoms with Crippen LogP contribution in [0.4, 0.5) is 5.82 Å². The van der Waals surface area contributed by atoms with Gasteiger partial charge in [0.15, 0.2) is 11.6 Å². The van der Waals surface area contributed by atoms with Gasteiger partial charge in [0, 0.05) is 12.1 Å². The summed E-state index contributed by atoms with van der Waals surface area (Å²) in [7, 11) is 0. The van der Waals surface area contributed by atoms with E-state index in [9.17, 15) is 0 Å². The highest BCUT2D eigenvalue weighted by Crippen LogP contribution is 2.30. The molecular weight excluding hydrogens is 272 g/mol. The SMILES string of the molecule is CCOc1cccnc1NC(C)(CCl)c1ccccc1. The van der Waals surface area contributed by atoms with Crippen LogP contribution in [0.3, 0.4) is 0 Å². The minimum Gasteiger partial charge on any atom is -0.490 e. The first-order chi connectivity index (χ1) is 9.69. The van der Waals surface area contributed by atoms with E-state index in [1.165, 1.54) is 0 Å². The lowest BCUT2D eigenvalue weighted by Crippen LogP contribution is -2.34. The molecule has 0 saturated heterocycles. The van der Waals surface area contributed by atoms with Crippen LogP contribution in [0.15, 0.2) is 48.7 Å². The van der Waals surface area contributed by atoms with Crippen LogP contribution in [0.5, 0.6) is 5.75 Å². The Morgan fingerprint density at radius 3 is 2.60 bits per heavy atom. The van der Waals surface area contributed by atoms with Crippen molar-refractivity contribution < 1.29 is 4.74 Å². The van der Waals surface area contributed by atoms with Crippen LogP contribution in [-0.4, -0.2) is 17.5 Å². The highest BCUT2D eigenvalue weighted by Gasteiger charge is 2.26. The van der Waals surface area contributed by atoms with Crippen molar-refractivity contribution in [2.75, 3.05) is 17.8 Å². The van der Waals surface area contributed by atoms with Gasteiger partial charge in [-0.15, -0.1) is 11.6 Å². The molecule has 4 heteroatoms. The van der Waals surface area contributed by atoms with E-state index < -0.39 is 5.54 Å². The highest BCUT2D eigenvalue weighted by atomic mass is 35.5. The van der Waals surface area contributed by atoms with Gasteiger partial charge in [0.1, 0.15) is 0 Å². The number of pyridine rings is 1. The maximum Gasteiger partial charge on any atom is 0.169 e. The van der Waals surface area contributed by atoms with Gasteiger partial charge < -0.3 is 10.1 Å². The number of ether oxygens (including phenoxy) is 1. The molecule has 2 aromatic rings. The maximum atomic E-state index is 6.19. The minimum atomic E-state index is -0.400. The van der Waals surface area contributed by atoms with Gasteiger partial charge in [-0.25, -0.2) is 4.98 Å². The average molecular weight is 291 g/mol. The van der Waals surface area contributed by atoms with Crippen LogP contribution >= 0.6 is 11.6 Å². The molecule has 1 aromatic heterocycles. The molecule has 20 heavy (non-hydrogen) atoms. The minimum absolute atomic E-state index is 0.400. The first-order valence-corrected chi connectivity index (χ1v) is 7.20. The predicted molar refractivity (Wildman–Crippen MR) is 83.5 cm³/mol. The average Bonchev–Trinajstić information content (AvgIpc) is 2.50. The van der Waals surface area contributed by atoms with Crippen LogP contribution in [0.1, 0.15) is 19.4 Å². The second-order valence-corrected chi connectivity index (χ2v) is 5.01. The van der Waals surface area contributed by atoms with Gasteiger partial charge in [-0.3, -0.25) is 0 Å². The van der Waals surface area contributed by atoms with Gasteiger partial charge in [-0.05, 0) is 31.5 Å². The topological polar surface area (TPSA) is 34.1 Å². The molecule has 0 fully saturated rings. The van der Waals surface area contributed by atoms with Crippen molar-refractivity contribution in [2.45, 2.75) is 19.4 Å². The molecular formula is C16H19ClN2O. The lowest BCUT2D eigenvalue weighted by atomic mass is 9.94. The number of nitrogens with one attached hydrogen (secondary N) is 1. The summed E-state index contributed by atoms with van der Waals surface area (Å²) >= 11 is 6.19. The summed E-state index contributed by atoms with van der Waals surface area (Å²) in [6.07, 6.45) is 1.74. The number of aromatic nitrogens is 1. The van der Waals surface area contributed by atoms with Crippen LogP contribution in [0.25, 0.3) is 0 Å². The summed E-state index contributed by atoms with van der Waals surface area (Å²) in [6.45, 7) is 4.61. The maximum absolute atomic E-state index is 6.19. The zero-order chi connectivity index (χ0) is 14.4. The molecule has 106 valence electrons. The molecule has 0 amide bonds. The fourth-order valence-electron chi connectivity index (χ4n) is 2.01. The Morgan fingerprint density at radius 2 is 1.95 bits per heavy atom. The van der Waals surface area contributed by atoms with E-state index in [1.54, 1.807) is 6.20 Å². The first kappa shape index (κ1) is 14.7. The normalized spacial score (nSPS) is 13.6. The van der Waals surface area contributed by atoms with Crippen LogP contribution in [-0.2, 0) is 5.54 Å². The van der Waals surface area contributed by atoms with Crippen LogP contribution < -0.4 is 10.1 Å². The van der Waals surface area contributed by atoms with Gasteiger partial charge in [-0.2, -0.15) is 0 Å². The second-order valence-electron chi connectivity index (χ2n) is 4.74. The van der Waals surface area contributed by atoms with E-state index in [4.69, 9.17) is 16.3 Å². The van der Waals surface area contributed by atoms with E-state index in [0.717, 1.165) is 11.3 Å². The molecule has 0 aliphatic rings. The quantitative estimate of drug-likeness (QED) is 0.815. The molecule has 1 N–H and O–H groups in total. The molecule has 0 spiro atoms. The molecule has 0 saturated carbocycles. The molecule has 0 aliphatic heterocycles. The van der Waals surface area contributed by atoms with Crippen molar-refractivity contribution in [1.29, 1.82) is 0 Å². The van der Waals surface area contributed by atoms with Gasteiger partial charge in [0.25, 0.3) is 0 Å². The van der Waals surface area contributed by atoms with E-state index in [2.05, 4.69) is 29.4 Å². The second kappa shape index (κ2) is 6.62. The van der Waals surface area contributed by atoms with Gasteiger partial charge in [-0.1, -0.05) is 30.3 Å². The molecule has 2 rings (SSSR count). The molecule has 0 radical (unpaired) electrons. The Kier molecular flexibility index (Phi) is 4.85. The molecule has 3 nitrogen and oxygen atoms in total. The number of anilines is 1. The van der Waals surface area contributed by atoms with E-state index >= 15 is 0 Å². The smallest absolute Gasteiger partial charge is 0.169 e. The third kappa shape index (κ3) is 3.23. The summed E-state index contributed by atoms with van der Waals surface area (Å²) in [5, 5.41) is 3.41. The van der Waals surface area contributed by atoms with Gasteiger partial charge in [0.2, 0.25) is 0 Å². The monoisotopic (exact) mass is 290 g/mol. The fourth-order valence-corrected chi connectivity index (χ4v) is 2.23. The zero-order valence-electron chi connectivity index (χ0n) is 11.8.